The van der Waals surface area contributed by atoms with Gasteiger partial charge < -0.3 is 19.2 Å². The van der Waals surface area contributed by atoms with Gasteiger partial charge in [0.15, 0.2) is 0 Å². The number of nitrogens with one attached hydrogen (secondary N) is 1. The van der Waals surface area contributed by atoms with Gasteiger partial charge in [0.05, 0.1) is 30.7 Å². The van der Waals surface area contributed by atoms with Gasteiger partial charge >= 0.3 is 0 Å². The number of carbonyl (C=O) groups is 2. The minimum Gasteiger partial charge on any atom is -0.463 e. The first kappa shape index (κ1) is 21.5. The highest BCUT2D eigenvalue weighted by molar-refractivity contribution is 6.00. The van der Waals surface area contributed by atoms with Crippen LogP contribution in [-0.2, 0) is 17.9 Å². The molecule has 1 saturated carbocycles. The minimum absolute atomic E-state index is 0.115. The first-order valence-corrected chi connectivity index (χ1v) is 11.7. The fourth-order valence-electron chi connectivity index (χ4n) is 5.06. The maximum absolute atomic E-state index is 13.8. The number of furan rings is 1. The Labute approximate surface area is 193 Å². The third kappa shape index (κ3) is 3.96. The lowest BCUT2D eigenvalue weighted by Gasteiger charge is -2.45. The summed E-state index contributed by atoms with van der Waals surface area (Å²) in [5, 5.41) is 3.27. The Kier molecular flexibility index (Phi) is 5.56. The molecule has 3 aromatic heterocycles. The number of hydrogen-bond acceptors (Lipinski definition) is 4. The maximum Gasteiger partial charge on any atom is 0.271 e. The Morgan fingerprint density at radius 1 is 1.12 bits per heavy atom. The van der Waals surface area contributed by atoms with Crippen LogP contribution in [0.5, 0.6) is 0 Å². The van der Waals surface area contributed by atoms with Crippen LogP contribution in [0.25, 0.3) is 11.5 Å². The summed E-state index contributed by atoms with van der Waals surface area (Å²) in [4.78, 5) is 33.6. The van der Waals surface area contributed by atoms with Crippen molar-refractivity contribution in [2.45, 2.75) is 64.2 Å². The molecule has 2 aliphatic rings. The molecule has 0 saturated heterocycles. The summed E-state index contributed by atoms with van der Waals surface area (Å²) in [5.41, 5.74) is 1.04. The molecule has 0 radical (unpaired) electrons. The normalized spacial score (nSPS) is 25.0. The van der Waals surface area contributed by atoms with E-state index in [1.165, 1.54) is 0 Å². The van der Waals surface area contributed by atoms with Crippen LogP contribution in [0.2, 0.25) is 0 Å². The Morgan fingerprint density at radius 3 is 2.61 bits per heavy atom. The summed E-state index contributed by atoms with van der Waals surface area (Å²) in [5.74, 6) is 1.08. The molecule has 172 valence electrons. The van der Waals surface area contributed by atoms with Crippen molar-refractivity contribution in [3.05, 3.63) is 66.3 Å². The lowest BCUT2D eigenvalue weighted by atomic mass is 9.86. The molecule has 3 aromatic rings. The summed E-state index contributed by atoms with van der Waals surface area (Å²) in [7, 11) is 0. The van der Waals surface area contributed by atoms with Crippen molar-refractivity contribution in [1.29, 1.82) is 0 Å². The van der Waals surface area contributed by atoms with Gasteiger partial charge in [-0.25, -0.2) is 0 Å². The van der Waals surface area contributed by atoms with Crippen LogP contribution < -0.4 is 5.32 Å². The molecule has 5 rings (SSSR count). The Bertz CT molecular complexity index is 1130. The van der Waals surface area contributed by atoms with Crippen LogP contribution >= 0.6 is 0 Å². The van der Waals surface area contributed by atoms with Crippen molar-refractivity contribution >= 4 is 11.8 Å². The minimum atomic E-state index is -1.06. The summed E-state index contributed by atoms with van der Waals surface area (Å²) in [6.45, 7) is 4.74. The van der Waals surface area contributed by atoms with E-state index in [0.717, 1.165) is 37.1 Å². The second-order valence-electron chi connectivity index (χ2n) is 9.58. The highest BCUT2D eigenvalue weighted by Gasteiger charge is 2.48. The average Bonchev–Trinajstić information content (AvgIpc) is 3.49. The van der Waals surface area contributed by atoms with Gasteiger partial charge in [-0.1, -0.05) is 13.0 Å². The number of pyridine rings is 1. The molecule has 1 atom stereocenters. The molecule has 4 heterocycles. The molecule has 1 N–H and O–H groups in total. The maximum atomic E-state index is 13.8. The average molecular weight is 447 g/mol. The number of hydrogen-bond donors (Lipinski definition) is 1. The SMILES string of the molecule is CC1CCC(NC(=O)C2(C)Cn3c(ccc3-c3ccco3)C(=O)N2Cc2ccccn2)CC1. The van der Waals surface area contributed by atoms with E-state index < -0.39 is 5.54 Å². The van der Waals surface area contributed by atoms with E-state index >= 15 is 0 Å². The van der Waals surface area contributed by atoms with E-state index in [1.807, 2.05) is 54.0 Å². The van der Waals surface area contributed by atoms with Crippen molar-refractivity contribution in [3.63, 3.8) is 0 Å². The van der Waals surface area contributed by atoms with Gasteiger partial charge in [0.2, 0.25) is 5.91 Å². The zero-order valence-corrected chi connectivity index (χ0v) is 19.2. The predicted molar refractivity (Wildman–Crippen MR) is 124 cm³/mol. The number of amides is 2. The molecule has 0 aromatic carbocycles. The molecule has 1 aliphatic carbocycles. The molecule has 0 bridgehead atoms. The number of nitrogens with zero attached hydrogens (tertiary/aromatic N) is 3. The van der Waals surface area contributed by atoms with E-state index in [-0.39, 0.29) is 24.4 Å². The second-order valence-corrected chi connectivity index (χ2v) is 9.58. The Morgan fingerprint density at radius 2 is 1.91 bits per heavy atom. The van der Waals surface area contributed by atoms with Gasteiger partial charge in [-0.3, -0.25) is 14.6 Å². The Hall–Kier alpha value is -3.35. The summed E-state index contributed by atoms with van der Waals surface area (Å²) >= 11 is 0. The van der Waals surface area contributed by atoms with Gasteiger partial charge in [0, 0.05) is 12.2 Å². The third-order valence-electron chi connectivity index (χ3n) is 7.17. The first-order chi connectivity index (χ1) is 16.0. The topological polar surface area (TPSA) is 80.4 Å². The highest BCUT2D eigenvalue weighted by Crippen LogP contribution is 2.34. The molecular formula is C26H30N4O3. The molecule has 7 nitrogen and oxygen atoms in total. The molecule has 1 fully saturated rings. The fraction of sp³-hybridized carbons (Fsp3) is 0.423. The van der Waals surface area contributed by atoms with Crippen LogP contribution in [0.15, 0.2) is 59.3 Å². The Balaban J connectivity index is 1.50. The van der Waals surface area contributed by atoms with Crippen molar-refractivity contribution in [2.75, 3.05) is 0 Å². The van der Waals surface area contributed by atoms with Gasteiger partial charge in [0.25, 0.3) is 5.91 Å². The molecule has 0 spiro atoms. The molecular weight excluding hydrogens is 416 g/mol. The van der Waals surface area contributed by atoms with Crippen LogP contribution in [0.1, 0.15) is 55.7 Å². The second kappa shape index (κ2) is 8.54. The summed E-state index contributed by atoms with van der Waals surface area (Å²) in [6.07, 6.45) is 7.50. The quantitative estimate of drug-likeness (QED) is 0.635. The van der Waals surface area contributed by atoms with E-state index in [0.29, 0.717) is 23.9 Å². The van der Waals surface area contributed by atoms with Gasteiger partial charge in [0.1, 0.15) is 17.0 Å². The van der Waals surface area contributed by atoms with Crippen molar-refractivity contribution < 1.29 is 14.0 Å². The fourth-order valence-corrected chi connectivity index (χ4v) is 5.06. The number of rotatable bonds is 5. The molecule has 33 heavy (non-hydrogen) atoms. The van der Waals surface area contributed by atoms with E-state index in [1.54, 1.807) is 17.4 Å². The number of carbonyl (C=O) groups excluding carboxylic acids is 2. The van der Waals surface area contributed by atoms with Crippen molar-refractivity contribution in [2.24, 2.45) is 5.92 Å². The zero-order chi connectivity index (χ0) is 23.0. The van der Waals surface area contributed by atoms with Gasteiger partial charge in [-0.15, -0.1) is 0 Å². The van der Waals surface area contributed by atoms with Gasteiger partial charge in [-0.2, -0.15) is 0 Å². The van der Waals surface area contributed by atoms with Crippen molar-refractivity contribution in [1.82, 2.24) is 19.8 Å². The van der Waals surface area contributed by atoms with Crippen LogP contribution in [0.3, 0.4) is 0 Å². The van der Waals surface area contributed by atoms with E-state index in [9.17, 15) is 9.59 Å². The smallest absolute Gasteiger partial charge is 0.271 e. The van der Waals surface area contributed by atoms with E-state index in [2.05, 4.69) is 17.2 Å². The molecule has 1 unspecified atom stereocenters. The van der Waals surface area contributed by atoms with Crippen LogP contribution in [0.4, 0.5) is 0 Å². The molecule has 7 heteroatoms. The predicted octanol–water partition coefficient (Wildman–Crippen LogP) is 4.25. The summed E-state index contributed by atoms with van der Waals surface area (Å²) in [6, 6.07) is 13.2. The number of aromatic nitrogens is 2. The lowest BCUT2D eigenvalue weighted by molar-refractivity contribution is -0.134. The molecule has 1 aliphatic heterocycles. The van der Waals surface area contributed by atoms with Gasteiger partial charge in [-0.05, 0) is 74.9 Å². The lowest BCUT2D eigenvalue weighted by Crippen LogP contribution is -2.64. The highest BCUT2D eigenvalue weighted by atomic mass is 16.3. The monoisotopic (exact) mass is 446 g/mol. The number of fused-ring (bicyclic) bond motifs is 1. The zero-order valence-electron chi connectivity index (χ0n) is 19.2. The largest absolute Gasteiger partial charge is 0.463 e. The standard InChI is InChI=1S/C26H30N4O3/c1-18-8-10-19(11-9-18)28-25(32)26(2)17-29-21(23-7-5-15-33-23)12-13-22(29)24(31)30(26)16-20-6-3-4-14-27-20/h3-7,12-15,18-19H,8-11,16-17H2,1-2H3,(H,28,32). The van der Waals surface area contributed by atoms with Crippen LogP contribution in [-0.4, -0.2) is 37.8 Å². The third-order valence-corrected chi connectivity index (χ3v) is 7.17. The summed E-state index contributed by atoms with van der Waals surface area (Å²) < 4.78 is 7.52. The molecule has 2 amide bonds. The first-order valence-electron chi connectivity index (χ1n) is 11.7. The van der Waals surface area contributed by atoms with E-state index in [4.69, 9.17) is 4.42 Å². The van der Waals surface area contributed by atoms with Crippen LogP contribution in [0, 0.1) is 5.92 Å². The van der Waals surface area contributed by atoms with Crippen molar-refractivity contribution in [3.8, 4) is 11.5 Å².